The molecule has 0 spiro atoms. The fraction of sp³-hybridized carbons (Fsp3) is 0.182. The van der Waals surface area contributed by atoms with Crippen molar-refractivity contribution >= 4 is 46.2 Å². The Morgan fingerprint density at radius 2 is 1.59 bits per heavy atom. The molecule has 0 aliphatic rings. The predicted octanol–water partition coefficient (Wildman–Crippen LogP) is 10.9. The monoisotopic (exact) mass is 866 g/mol. The molecule has 0 aliphatic heterocycles. The molecule has 5 aromatic carbocycles. The molecule has 0 aliphatic carbocycles. The van der Waals surface area contributed by atoms with Gasteiger partial charge in [0.25, 0.3) is 0 Å². The van der Waals surface area contributed by atoms with E-state index in [1.807, 2.05) is 84.9 Å². The third-order valence-electron chi connectivity index (χ3n) is 8.88. The molecule has 0 amide bonds. The molecule has 3 heterocycles. The molecule has 0 unspecified atom stereocenters. The Balaban J connectivity index is 0.000000188. The van der Waals surface area contributed by atoms with Crippen LogP contribution in [0.1, 0.15) is 25.0 Å². The first-order valence-corrected chi connectivity index (χ1v) is 20.6. The molecule has 0 bridgehead atoms. The molecule has 1 radical (unpaired) electrons. The molecule has 0 fully saturated rings. The second-order valence-corrected chi connectivity index (χ2v) is 19.2. The van der Waals surface area contributed by atoms with Gasteiger partial charge in [-0.1, -0.05) is 111 Å². The van der Waals surface area contributed by atoms with E-state index >= 15 is 0 Å². The molecule has 0 atom stereocenters. The van der Waals surface area contributed by atoms with Crippen molar-refractivity contribution < 1.29 is 28.9 Å². The van der Waals surface area contributed by atoms with Crippen molar-refractivity contribution in [1.82, 2.24) is 14.5 Å². The summed E-state index contributed by atoms with van der Waals surface area (Å²) in [5, 5.41) is 2.72. The summed E-state index contributed by atoms with van der Waals surface area (Å²) in [4.78, 5) is 9.57. The fourth-order valence-corrected chi connectivity index (χ4v) is 8.16. The van der Waals surface area contributed by atoms with Gasteiger partial charge in [-0.2, -0.15) is 0 Å². The van der Waals surface area contributed by atoms with Crippen molar-refractivity contribution in [2.24, 2.45) is 5.92 Å². The van der Waals surface area contributed by atoms with Gasteiger partial charge in [0.15, 0.2) is 0 Å². The fourth-order valence-electron chi connectivity index (χ4n) is 6.57. The Hall–Kier alpha value is -4.68. The Morgan fingerprint density at radius 1 is 0.863 bits per heavy atom. The number of rotatable bonds is 7. The summed E-state index contributed by atoms with van der Waals surface area (Å²) >= 11 is 0. The number of aromatic nitrogens is 3. The molecular weight excluding hydrogens is 826 g/mol. The van der Waals surface area contributed by atoms with Crippen molar-refractivity contribution in [2.45, 2.75) is 46.5 Å². The topological polar surface area (TPSA) is 43.9 Å². The van der Waals surface area contributed by atoms with E-state index in [2.05, 4.69) is 85.6 Å². The van der Waals surface area contributed by atoms with E-state index in [1.54, 1.807) is 0 Å². The van der Waals surface area contributed by atoms with E-state index < -0.39 is 8.07 Å². The number of hydrogen-bond acceptors (Lipinski definition) is 3. The number of imidazole rings is 1. The summed E-state index contributed by atoms with van der Waals surface area (Å²) in [7, 11) is -1.34. The standard InChI is InChI=1S/C26H16FN2O.C18H24NSi.Ir/c27-20-15-14-19(25-24(20)18-10-4-7-13-23(18)30-25)26-28-21-11-5-6-12-22(21)29(26)16-17-8-2-1-3-9-17;1-14(2)11-16-12-17(15-9-7-6-8-10-15)19-13-18(16)20(3,4)5;/h1-13,15H,16H2;6-9,12-14H,11H2,1-5H3;/q2*-1;. The van der Waals surface area contributed by atoms with Gasteiger partial charge >= 0.3 is 0 Å². The van der Waals surface area contributed by atoms with Gasteiger partial charge < -0.3 is 14.0 Å². The Morgan fingerprint density at radius 3 is 2.33 bits per heavy atom. The summed E-state index contributed by atoms with van der Waals surface area (Å²) in [5.41, 5.74) is 8.44. The first kappa shape index (κ1) is 36.1. The molecule has 4 nitrogen and oxygen atoms in total. The molecule has 8 aromatic rings. The summed E-state index contributed by atoms with van der Waals surface area (Å²) in [5.74, 6) is 1.04. The maximum absolute atomic E-state index is 14.8. The van der Waals surface area contributed by atoms with Crippen LogP contribution in [0, 0.1) is 23.9 Å². The molecule has 0 saturated carbocycles. The van der Waals surface area contributed by atoms with E-state index in [4.69, 9.17) is 9.40 Å². The van der Waals surface area contributed by atoms with Gasteiger partial charge in [-0.05, 0) is 52.4 Å². The minimum atomic E-state index is -1.34. The van der Waals surface area contributed by atoms with Crippen LogP contribution in [0.15, 0.2) is 126 Å². The minimum absolute atomic E-state index is 0. The zero-order valence-electron chi connectivity index (χ0n) is 29.5. The van der Waals surface area contributed by atoms with Gasteiger partial charge in [0.2, 0.25) is 0 Å². The summed E-state index contributed by atoms with van der Waals surface area (Å²) in [6, 6.07) is 43.8. The largest absolute Gasteiger partial charge is 0.500 e. The van der Waals surface area contributed by atoms with E-state index in [9.17, 15) is 4.39 Å². The molecule has 8 rings (SSSR count). The van der Waals surface area contributed by atoms with Gasteiger partial charge in [0.1, 0.15) is 5.58 Å². The average Bonchev–Trinajstić information content (AvgIpc) is 3.68. The quantitative estimate of drug-likeness (QED) is 0.118. The summed E-state index contributed by atoms with van der Waals surface area (Å²) < 4.78 is 23.0. The maximum Gasteiger partial charge on any atom is 0.121 e. The number of pyridine rings is 1. The molecule has 7 heteroatoms. The minimum Gasteiger partial charge on any atom is -0.500 e. The average molecular weight is 866 g/mol. The van der Waals surface area contributed by atoms with Crippen LogP contribution in [-0.2, 0) is 33.1 Å². The predicted molar refractivity (Wildman–Crippen MR) is 207 cm³/mol. The maximum atomic E-state index is 14.8. The van der Waals surface area contributed by atoms with Gasteiger partial charge in [-0.15, -0.1) is 48.0 Å². The molecule has 51 heavy (non-hydrogen) atoms. The van der Waals surface area contributed by atoms with Crippen LogP contribution in [0.25, 0.3) is 55.6 Å². The van der Waals surface area contributed by atoms with E-state index in [0.29, 0.717) is 40.4 Å². The van der Waals surface area contributed by atoms with Gasteiger partial charge in [0.05, 0.1) is 30.5 Å². The van der Waals surface area contributed by atoms with Crippen LogP contribution < -0.4 is 5.19 Å². The van der Waals surface area contributed by atoms with Crippen molar-refractivity contribution in [2.75, 3.05) is 0 Å². The van der Waals surface area contributed by atoms with Crippen molar-refractivity contribution in [3.63, 3.8) is 0 Å². The summed E-state index contributed by atoms with van der Waals surface area (Å²) in [6.07, 6.45) is 3.24. The van der Waals surface area contributed by atoms with Gasteiger partial charge in [-0.3, -0.25) is 9.37 Å². The number of furan rings is 1. The smallest absolute Gasteiger partial charge is 0.121 e. The van der Waals surface area contributed by atoms with Crippen molar-refractivity contribution in [1.29, 1.82) is 0 Å². The SMILES string of the molecule is CC(C)Cc1cc(-c2[c-]cccc2)ncc1[Si](C)(C)C.Fc1c[c-]c(-c2nc3ccccc3n2Cc2ccccc2)c2oc3ccccc3c12.[Ir]. The Labute approximate surface area is 313 Å². The van der Waals surface area contributed by atoms with Gasteiger partial charge in [0, 0.05) is 44.1 Å². The Kier molecular flexibility index (Phi) is 10.8. The van der Waals surface area contributed by atoms with Crippen LogP contribution in [0.2, 0.25) is 19.6 Å². The molecule has 3 aromatic heterocycles. The molecule has 259 valence electrons. The number of para-hydroxylation sites is 3. The first-order valence-electron chi connectivity index (χ1n) is 17.1. The van der Waals surface area contributed by atoms with Crippen LogP contribution in [-0.4, -0.2) is 22.6 Å². The van der Waals surface area contributed by atoms with Crippen LogP contribution in [0.3, 0.4) is 0 Å². The number of halogens is 1. The Bertz CT molecular complexity index is 2410. The first-order chi connectivity index (χ1) is 24.2. The van der Waals surface area contributed by atoms with E-state index in [1.165, 1.54) is 16.8 Å². The molecule has 0 saturated heterocycles. The van der Waals surface area contributed by atoms with Crippen LogP contribution in [0.5, 0.6) is 0 Å². The van der Waals surface area contributed by atoms with E-state index in [0.717, 1.165) is 39.7 Å². The van der Waals surface area contributed by atoms with Crippen molar-refractivity contribution in [3.05, 3.63) is 151 Å². The zero-order valence-corrected chi connectivity index (χ0v) is 32.9. The van der Waals surface area contributed by atoms with Crippen LogP contribution in [0.4, 0.5) is 4.39 Å². The normalized spacial score (nSPS) is 11.5. The number of nitrogens with zero attached hydrogens (tertiary/aromatic N) is 3. The zero-order chi connectivity index (χ0) is 34.8. The number of benzene rings is 5. The second kappa shape index (κ2) is 15.3. The second-order valence-electron chi connectivity index (χ2n) is 14.2. The third kappa shape index (κ3) is 7.67. The summed E-state index contributed by atoms with van der Waals surface area (Å²) in [6.45, 7) is 12.4. The van der Waals surface area contributed by atoms with Crippen molar-refractivity contribution in [3.8, 4) is 22.6 Å². The van der Waals surface area contributed by atoms with Crippen LogP contribution >= 0.6 is 0 Å². The third-order valence-corrected chi connectivity index (χ3v) is 10.9. The number of fused-ring (bicyclic) bond motifs is 4. The molecule has 0 N–H and O–H groups in total. The number of hydrogen-bond donors (Lipinski definition) is 0. The van der Waals surface area contributed by atoms with E-state index in [-0.39, 0.29) is 25.9 Å². The molecular formula is C44H40FIrN3OSi-2. The van der Waals surface area contributed by atoms with Gasteiger partial charge in [-0.25, -0.2) is 0 Å².